The van der Waals surface area contributed by atoms with Gasteiger partial charge >= 0.3 is 0 Å². The van der Waals surface area contributed by atoms with Crippen molar-refractivity contribution >= 4 is 18.1 Å². The molecular formula is C23H25NO. The number of likely N-dealkylation sites (tertiary alicyclic amines) is 1. The van der Waals surface area contributed by atoms with Gasteiger partial charge in [-0.05, 0) is 41.5 Å². The molecule has 2 nitrogen and oxygen atoms in total. The van der Waals surface area contributed by atoms with Crippen molar-refractivity contribution in [1.82, 2.24) is 4.90 Å². The lowest BCUT2D eigenvalue weighted by molar-refractivity contribution is -0.138. The lowest BCUT2D eigenvalue weighted by atomic mass is 9.63. The van der Waals surface area contributed by atoms with Gasteiger partial charge in [0, 0.05) is 24.9 Å². The number of aryl methyl sites for hydroxylation is 1. The first-order chi connectivity index (χ1) is 12.1. The summed E-state index contributed by atoms with van der Waals surface area (Å²) in [5, 5.41) is 0. The number of hydrogen-bond acceptors (Lipinski definition) is 1. The number of nitrogens with zero attached hydrogens (tertiary/aromatic N) is 1. The Kier molecular flexibility index (Phi) is 3.99. The molecular weight excluding hydrogens is 306 g/mol. The van der Waals surface area contributed by atoms with E-state index in [4.69, 9.17) is 0 Å². The maximum atomic E-state index is 12.1. The number of hydrogen-bond donors (Lipinski definition) is 0. The third-order valence-corrected chi connectivity index (χ3v) is 6.15. The summed E-state index contributed by atoms with van der Waals surface area (Å²) in [6.07, 6.45) is 8.12. The number of piperidine rings is 1. The molecule has 2 aromatic carbocycles. The standard InChI is InChI=1S/C23H25NO/c1-23-15-14-22(25)24(2)21(23)13-11-19-16-18(10-12-20(19)23)9-8-17-6-4-3-5-7-17/h3-10,12,16,21H,11,13-15H2,1-2H3/b9-8+/t21?,23-/m1/s1. The quantitative estimate of drug-likeness (QED) is 0.732. The Morgan fingerprint density at radius 3 is 2.60 bits per heavy atom. The highest BCUT2D eigenvalue weighted by atomic mass is 16.2. The minimum absolute atomic E-state index is 0.0952. The van der Waals surface area contributed by atoms with Gasteiger partial charge in [-0.1, -0.05) is 67.6 Å². The molecule has 2 atom stereocenters. The zero-order chi connectivity index (χ0) is 17.4. The second kappa shape index (κ2) is 6.18. The number of benzene rings is 2. The van der Waals surface area contributed by atoms with Crippen LogP contribution < -0.4 is 0 Å². The van der Waals surface area contributed by atoms with Crippen LogP contribution in [-0.2, 0) is 16.6 Å². The van der Waals surface area contributed by atoms with E-state index in [9.17, 15) is 4.79 Å². The topological polar surface area (TPSA) is 20.3 Å². The molecule has 0 bridgehead atoms. The third-order valence-electron chi connectivity index (χ3n) is 6.15. The van der Waals surface area contributed by atoms with Crippen molar-refractivity contribution in [3.05, 3.63) is 70.8 Å². The average Bonchev–Trinajstić information content (AvgIpc) is 2.64. The molecule has 1 aliphatic heterocycles. The minimum atomic E-state index is 0.0952. The van der Waals surface area contributed by atoms with Crippen LogP contribution in [0.1, 0.15) is 48.4 Å². The number of carbonyl (C=O) groups excluding carboxylic acids is 1. The second-order valence-electron chi connectivity index (χ2n) is 7.64. The third kappa shape index (κ3) is 2.80. The fourth-order valence-corrected chi connectivity index (χ4v) is 4.67. The summed E-state index contributed by atoms with van der Waals surface area (Å²) in [6.45, 7) is 2.35. The van der Waals surface area contributed by atoms with Crippen LogP contribution in [-0.4, -0.2) is 23.9 Å². The molecule has 25 heavy (non-hydrogen) atoms. The van der Waals surface area contributed by atoms with Gasteiger partial charge in [0.15, 0.2) is 0 Å². The van der Waals surface area contributed by atoms with Crippen LogP contribution in [0, 0.1) is 0 Å². The molecule has 0 radical (unpaired) electrons. The summed E-state index contributed by atoms with van der Waals surface area (Å²) in [5.74, 6) is 0.299. The van der Waals surface area contributed by atoms with E-state index in [2.05, 4.69) is 61.5 Å². The fraction of sp³-hybridized carbons (Fsp3) is 0.348. The molecule has 2 heteroatoms. The monoisotopic (exact) mass is 331 g/mol. The SMILES string of the molecule is CN1C(=O)CC[C@]2(C)c3ccc(/C=C/c4ccccc4)cc3CCC12. The number of fused-ring (bicyclic) bond motifs is 3. The summed E-state index contributed by atoms with van der Waals surface area (Å²) in [7, 11) is 1.98. The smallest absolute Gasteiger partial charge is 0.222 e. The minimum Gasteiger partial charge on any atom is -0.342 e. The van der Waals surface area contributed by atoms with Crippen LogP contribution in [0.4, 0.5) is 0 Å². The predicted molar refractivity (Wildman–Crippen MR) is 103 cm³/mol. The van der Waals surface area contributed by atoms with Gasteiger partial charge in [0.25, 0.3) is 0 Å². The van der Waals surface area contributed by atoms with Crippen LogP contribution in [0.15, 0.2) is 48.5 Å². The van der Waals surface area contributed by atoms with E-state index < -0.39 is 0 Å². The van der Waals surface area contributed by atoms with Crippen molar-refractivity contribution in [3.8, 4) is 0 Å². The van der Waals surface area contributed by atoms with Crippen molar-refractivity contribution in [2.24, 2.45) is 0 Å². The van der Waals surface area contributed by atoms with Crippen molar-refractivity contribution in [2.45, 2.75) is 44.1 Å². The van der Waals surface area contributed by atoms with Gasteiger partial charge in [-0.15, -0.1) is 0 Å². The van der Waals surface area contributed by atoms with Crippen molar-refractivity contribution in [1.29, 1.82) is 0 Å². The Morgan fingerprint density at radius 1 is 1.04 bits per heavy atom. The Labute approximate surface area is 150 Å². The lowest BCUT2D eigenvalue weighted by Gasteiger charge is -2.50. The molecule has 2 aromatic rings. The summed E-state index contributed by atoms with van der Waals surface area (Å²) in [6, 6.07) is 17.6. The molecule has 2 aliphatic rings. The first kappa shape index (κ1) is 16.1. The van der Waals surface area contributed by atoms with E-state index >= 15 is 0 Å². The molecule has 1 fully saturated rings. The van der Waals surface area contributed by atoms with Crippen LogP contribution in [0.5, 0.6) is 0 Å². The van der Waals surface area contributed by atoms with E-state index in [-0.39, 0.29) is 5.41 Å². The number of rotatable bonds is 2. The van der Waals surface area contributed by atoms with Gasteiger partial charge in [0.05, 0.1) is 0 Å². The number of likely N-dealkylation sites (N-methyl/N-ethyl adjacent to an activating group) is 1. The molecule has 0 aromatic heterocycles. The van der Waals surface area contributed by atoms with E-state index in [1.807, 2.05) is 18.0 Å². The van der Waals surface area contributed by atoms with Gasteiger partial charge in [-0.25, -0.2) is 0 Å². The highest BCUT2D eigenvalue weighted by molar-refractivity contribution is 5.78. The highest BCUT2D eigenvalue weighted by Gasteiger charge is 2.46. The lowest BCUT2D eigenvalue weighted by Crippen LogP contribution is -2.56. The van der Waals surface area contributed by atoms with E-state index in [0.717, 1.165) is 19.3 Å². The van der Waals surface area contributed by atoms with Crippen molar-refractivity contribution < 1.29 is 4.79 Å². The Hall–Kier alpha value is -2.35. The molecule has 4 rings (SSSR count). The van der Waals surface area contributed by atoms with Gasteiger partial charge < -0.3 is 4.90 Å². The molecule has 128 valence electrons. The molecule has 1 unspecified atom stereocenters. The Bertz CT molecular complexity index is 823. The largest absolute Gasteiger partial charge is 0.342 e. The van der Waals surface area contributed by atoms with E-state index in [1.54, 1.807) is 0 Å². The van der Waals surface area contributed by atoms with Crippen molar-refractivity contribution in [2.75, 3.05) is 7.05 Å². The van der Waals surface area contributed by atoms with Crippen LogP contribution >= 0.6 is 0 Å². The normalized spacial score (nSPS) is 25.8. The number of amides is 1. The molecule has 1 heterocycles. The summed E-state index contributed by atoms with van der Waals surface area (Å²) in [4.78, 5) is 14.1. The van der Waals surface area contributed by atoms with Gasteiger partial charge in [-0.2, -0.15) is 0 Å². The van der Waals surface area contributed by atoms with E-state index in [1.165, 1.54) is 22.3 Å². The van der Waals surface area contributed by atoms with E-state index in [0.29, 0.717) is 18.4 Å². The highest BCUT2D eigenvalue weighted by Crippen LogP contribution is 2.45. The van der Waals surface area contributed by atoms with Crippen LogP contribution in [0.25, 0.3) is 12.2 Å². The molecule has 0 saturated carbocycles. The zero-order valence-corrected chi connectivity index (χ0v) is 15.0. The van der Waals surface area contributed by atoms with Crippen molar-refractivity contribution in [3.63, 3.8) is 0 Å². The summed E-state index contributed by atoms with van der Waals surface area (Å²) < 4.78 is 0. The van der Waals surface area contributed by atoms with Gasteiger partial charge in [0.1, 0.15) is 0 Å². The zero-order valence-electron chi connectivity index (χ0n) is 15.0. The second-order valence-corrected chi connectivity index (χ2v) is 7.64. The predicted octanol–water partition coefficient (Wildman–Crippen LogP) is 4.68. The molecule has 0 N–H and O–H groups in total. The van der Waals surface area contributed by atoms with Gasteiger partial charge in [0.2, 0.25) is 5.91 Å². The molecule has 1 saturated heterocycles. The van der Waals surface area contributed by atoms with Crippen LogP contribution in [0.2, 0.25) is 0 Å². The summed E-state index contributed by atoms with van der Waals surface area (Å²) >= 11 is 0. The molecule has 1 amide bonds. The maximum Gasteiger partial charge on any atom is 0.222 e. The first-order valence-corrected chi connectivity index (χ1v) is 9.20. The van der Waals surface area contributed by atoms with Gasteiger partial charge in [-0.3, -0.25) is 4.79 Å². The maximum absolute atomic E-state index is 12.1. The Balaban J connectivity index is 1.64. The summed E-state index contributed by atoms with van der Waals surface area (Å²) in [5.41, 5.74) is 5.47. The van der Waals surface area contributed by atoms with Crippen LogP contribution in [0.3, 0.4) is 0 Å². The molecule has 1 aliphatic carbocycles. The average molecular weight is 331 g/mol. The number of carbonyl (C=O) groups is 1. The molecule has 0 spiro atoms. The fourth-order valence-electron chi connectivity index (χ4n) is 4.67. The Morgan fingerprint density at radius 2 is 1.80 bits per heavy atom. The first-order valence-electron chi connectivity index (χ1n) is 9.20.